The smallest absolute Gasteiger partial charge is 0.128 e. The summed E-state index contributed by atoms with van der Waals surface area (Å²) in [4.78, 5) is 0. The Balaban J connectivity index is 1.71. The summed E-state index contributed by atoms with van der Waals surface area (Å²) in [7, 11) is 1.68. The number of rotatable bonds is 5. The Morgan fingerprint density at radius 1 is 1.14 bits per heavy atom. The van der Waals surface area contributed by atoms with E-state index in [1.807, 2.05) is 24.4 Å². The fourth-order valence-electron chi connectivity index (χ4n) is 2.49. The zero-order chi connectivity index (χ0) is 14.7. The van der Waals surface area contributed by atoms with Crippen molar-refractivity contribution in [3.05, 3.63) is 60.5 Å². The molecule has 108 valence electrons. The number of fused-ring (bicyclic) bond motifs is 1. The molecule has 4 heteroatoms. The van der Waals surface area contributed by atoms with Crippen molar-refractivity contribution in [3.8, 4) is 5.75 Å². The Labute approximate surface area is 123 Å². The lowest BCUT2D eigenvalue weighted by Gasteiger charge is -2.09. The van der Waals surface area contributed by atoms with E-state index in [0.29, 0.717) is 0 Å². The molecule has 21 heavy (non-hydrogen) atoms. The molecule has 0 bridgehead atoms. The lowest BCUT2D eigenvalue weighted by Crippen LogP contribution is -2.09. The standard InChI is InChI=1S/C17H17FN2O/c1-21-17-7-3-6-16-15(17)8-10-20(16)11-9-19-14-5-2-4-13(18)12-14/h2-8,10,12,19H,9,11H2,1H3. The Bertz CT molecular complexity index is 751. The average molecular weight is 284 g/mol. The monoisotopic (exact) mass is 284 g/mol. The van der Waals surface area contributed by atoms with Crippen LogP contribution in [0, 0.1) is 5.82 Å². The van der Waals surface area contributed by atoms with E-state index in [9.17, 15) is 4.39 Å². The van der Waals surface area contributed by atoms with Gasteiger partial charge in [-0.1, -0.05) is 12.1 Å². The summed E-state index contributed by atoms with van der Waals surface area (Å²) in [5, 5.41) is 4.33. The highest BCUT2D eigenvalue weighted by atomic mass is 19.1. The van der Waals surface area contributed by atoms with E-state index in [0.717, 1.165) is 35.4 Å². The molecule has 0 aliphatic heterocycles. The first-order chi connectivity index (χ1) is 10.3. The number of hydrogen-bond donors (Lipinski definition) is 1. The van der Waals surface area contributed by atoms with Crippen LogP contribution in [0.25, 0.3) is 10.9 Å². The summed E-state index contributed by atoms with van der Waals surface area (Å²) >= 11 is 0. The molecule has 1 heterocycles. The fourth-order valence-corrected chi connectivity index (χ4v) is 2.49. The Kier molecular flexibility index (Phi) is 3.77. The molecule has 0 unspecified atom stereocenters. The number of nitrogens with zero attached hydrogens (tertiary/aromatic N) is 1. The van der Waals surface area contributed by atoms with Gasteiger partial charge >= 0.3 is 0 Å². The van der Waals surface area contributed by atoms with Crippen molar-refractivity contribution >= 4 is 16.6 Å². The van der Waals surface area contributed by atoms with E-state index in [4.69, 9.17) is 4.74 Å². The zero-order valence-electron chi connectivity index (χ0n) is 11.8. The number of aromatic nitrogens is 1. The topological polar surface area (TPSA) is 26.2 Å². The maximum absolute atomic E-state index is 13.1. The maximum atomic E-state index is 13.1. The normalized spacial score (nSPS) is 10.8. The van der Waals surface area contributed by atoms with Crippen LogP contribution in [0.15, 0.2) is 54.7 Å². The molecular weight excluding hydrogens is 267 g/mol. The second kappa shape index (κ2) is 5.87. The third kappa shape index (κ3) is 2.84. The van der Waals surface area contributed by atoms with Crippen LogP contribution >= 0.6 is 0 Å². The average Bonchev–Trinajstić information content (AvgIpc) is 2.91. The predicted molar refractivity (Wildman–Crippen MR) is 83.4 cm³/mol. The van der Waals surface area contributed by atoms with Gasteiger partial charge in [0.05, 0.1) is 12.6 Å². The molecule has 3 nitrogen and oxygen atoms in total. The van der Waals surface area contributed by atoms with Gasteiger partial charge in [-0.2, -0.15) is 0 Å². The Morgan fingerprint density at radius 3 is 2.81 bits per heavy atom. The van der Waals surface area contributed by atoms with Crippen LogP contribution in [0.5, 0.6) is 5.75 Å². The number of halogens is 1. The summed E-state index contributed by atoms with van der Waals surface area (Å²) in [6.07, 6.45) is 2.04. The van der Waals surface area contributed by atoms with Gasteiger partial charge < -0.3 is 14.6 Å². The zero-order valence-corrected chi connectivity index (χ0v) is 11.8. The molecule has 0 spiro atoms. The van der Waals surface area contributed by atoms with Gasteiger partial charge in [0.25, 0.3) is 0 Å². The minimum Gasteiger partial charge on any atom is -0.496 e. The summed E-state index contributed by atoms with van der Waals surface area (Å²) in [6, 6.07) is 14.6. The molecule has 0 amide bonds. The van der Waals surface area contributed by atoms with Crippen LogP contribution < -0.4 is 10.1 Å². The first kappa shape index (κ1) is 13.5. The van der Waals surface area contributed by atoms with Crippen LogP contribution in [0.2, 0.25) is 0 Å². The lowest BCUT2D eigenvalue weighted by atomic mass is 10.2. The molecule has 0 radical (unpaired) electrons. The van der Waals surface area contributed by atoms with Crippen molar-refractivity contribution in [1.29, 1.82) is 0 Å². The number of methoxy groups -OCH3 is 1. The van der Waals surface area contributed by atoms with E-state index >= 15 is 0 Å². The third-order valence-corrected chi connectivity index (χ3v) is 3.50. The van der Waals surface area contributed by atoms with Crippen molar-refractivity contribution in [1.82, 2.24) is 4.57 Å². The summed E-state index contributed by atoms with van der Waals surface area (Å²) < 4.78 is 20.6. The molecule has 0 aliphatic rings. The summed E-state index contributed by atoms with van der Waals surface area (Å²) in [5.74, 6) is 0.653. The molecule has 0 saturated carbocycles. The van der Waals surface area contributed by atoms with Crippen molar-refractivity contribution in [3.63, 3.8) is 0 Å². The Morgan fingerprint density at radius 2 is 2.00 bits per heavy atom. The first-order valence-corrected chi connectivity index (χ1v) is 6.89. The number of benzene rings is 2. The van der Waals surface area contributed by atoms with Gasteiger partial charge in [-0.3, -0.25) is 0 Å². The first-order valence-electron chi connectivity index (χ1n) is 6.89. The van der Waals surface area contributed by atoms with Crippen molar-refractivity contribution in [2.45, 2.75) is 6.54 Å². The molecule has 0 atom stereocenters. The summed E-state index contributed by atoms with van der Waals surface area (Å²) in [5.41, 5.74) is 1.93. The van der Waals surface area contributed by atoms with Gasteiger partial charge in [-0.05, 0) is 36.4 Å². The second-order valence-corrected chi connectivity index (χ2v) is 4.84. The Hall–Kier alpha value is -2.49. The van der Waals surface area contributed by atoms with Gasteiger partial charge in [-0.25, -0.2) is 4.39 Å². The molecule has 2 aromatic carbocycles. The molecule has 3 aromatic rings. The third-order valence-electron chi connectivity index (χ3n) is 3.50. The van der Waals surface area contributed by atoms with Crippen LogP contribution in [-0.2, 0) is 6.54 Å². The maximum Gasteiger partial charge on any atom is 0.128 e. The largest absolute Gasteiger partial charge is 0.496 e. The molecule has 0 saturated heterocycles. The van der Waals surface area contributed by atoms with Crippen molar-refractivity contribution in [2.75, 3.05) is 19.0 Å². The molecule has 3 rings (SSSR count). The van der Waals surface area contributed by atoms with E-state index in [2.05, 4.69) is 22.0 Å². The number of hydrogen-bond acceptors (Lipinski definition) is 2. The van der Waals surface area contributed by atoms with E-state index in [1.54, 1.807) is 13.2 Å². The fraction of sp³-hybridized carbons (Fsp3) is 0.176. The molecule has 0 fully saturated rings. The van der Waals surface area contributed by atoms with Crippen molar-refractivity contribution in [2.24, 2.45) is 0 Å². The van der Waals surface area contributed by atoms with Crippen LogP contribution in [-0.4, -0.2) is 18.2 Å². The number of ether oxygens (including phenoxy) is 1. The SMILES string of the molecule is COc1cccc2c1ccn2CCNc1cccc(F)c1. The highest BCUT2D eigenvalue weighted by Crippen LogP contribution is 2.26. The van der Waals surface area contributed by atoms with E-state index in [1.165, 1.54) is 12.1 Å². The van der Waals surface area contributed by atoms with Crippen LogP contribution in [0.4, 0.5) is 10.1 Å². The highest BCUT2D eigenvalue weighted by Gasteiger charge is 2.05. The number of anilines is 1. The predicted octanol–water partition coefficient (Wildman–Crippen LogP) is 3.90. The van der Waals surface area contributed by atoms with Gasteiger partial charge in [0.2, 0.25) is 0 Å². The second-order valence-electron chi connectivity index (χ2n) is 4.84. The van der Waals surface area contributed by atoms with E-state index < -0.39 is 0 Å². The van der Waals surface area contributed by atoms with Crippen LogP contribution in [0.1, 0.15) is 0 Å². The molecule has 1 aromatic heterocycles. The minimum atomic E-state index is -0.226. The number of nitrogens with one attached hydrogen (secondary N) is 1. The summed E-state index contributed by atoms with van der Waals surface area (Å²) in [6.45, 7) is 1.53. The van der Waals surface area contributed by atoms with Gasteiger partial charge in [0, 0.05) is 30.4 Å². The quantitative estimate of drug-likeness (QED) is 0.769. The molecular formula is C17H17FN2O. The van der Waals surface area contributed by atoms with Gasteiger partial charge in [0.15, 0.2) is 0 Å². The van der Waals surface area contributed by atoms with Crippen LogP contribution in [0.3, 0.4) is 0 Å². The van der Waals surface area contributed by atoms with E-state index in [-0.39, 0.29) is 5.82 Å². The molecule has 0 aliphatic carbocycles. The highest BCUT2D eigenvalue weighted by molar-refractivity contribution is 5.86. The van der Waals surface area contributed by atoms with Gasteiger partial charge in [-0.15, -0.1) is 0 Å². The van der Waals surface area contributed by atoms with Crippen molar-refractivity contribution < 1.29 is 9.13 Å². The van der Waals surface area contributed by atoms with Gasteiger partial charge in [0.1, 0.15) is 11.6 Å². The molecule has 1 N–H and O–H groups in total. The lowest BCUT2D eigenvalue weighted by molar-refractivity contribution is 0.420. The minimum absolute atomic E-state index is 0.226.